The van der Waals surface area contributed by atoms with Crippen molar-refractivity contribution in [1.82, 2.24) is 9.97 Å². The van der Waals surface area contributed by atoms with E-state index in [1.165, 1.54) is 26.4 Å². The number of nitrogens with zero attached hydrogens (tertiary/aromatic N) is 3. The molecular weight excluding hydrogens is 366 g/mol. The van der Waals surface area contributed by atoms with Gasteiger partial charge in [-0.25, -0.2) is 0 Å². The molecule has 2 aromatic rings. The fourth-order valence-corrected chi connectivity index (χ4v) is 2.77. The van der Waals surface area contributed by atoms with Crippen molar-refractivity contribution in [1.29, 1.82) is 0 Å². The number of methoxy groups -OCH3 is 2. The van der Waals surface area contributed by atoms with Crippen LogP contribution in [0.1, 0.15) is 11.1 Å². The van der Waals surface area contributed by atoms with Gasteiger partial charge >= 0.3 is 11.7 Å². The molecule has 1 aromatic carbocycles. The van der Waals surface area contributed by atoms with Crippen LogP contribution in [0.2, 0.25) is 0 Å². The summed E-state index contributed by atoms with van der Waals surface area (Å²) in [7, 11) is 2.51. The molecule has 2 rings (SSSR count). The van der Waals surface area contributed by atoms with E-state index in [4.69, 9.17) is 4.74 Å². The zero-order valence-electron chi connectivity index (χ0n) is 13.8. The number of hydrogen-bond acceptors (Lipinski definition) is 10. The van der Waals surface area contributed by atoms with Gasteiger partial charge in [0.1, 0.15) is 0 Å². The van der Waals surface area contributed by atoms with Gasteiger partial charge in [0.15, 0.2) is 10.9 Å². The van der Waals surface area contributed by atoms with Crippen LogP contribution in [-0.2, 0) is 21.7 Å². The van der Waals surface area contributed by atoms with Crippen molar-refractivity contribution in [2.24, 2.45) is 0 Å². The molecule has 138 valence electrons. The molecule has 1 heterocycles. The summed E-state index contributed by atoms with van der Waals surface area (Å²) >= 11 is 1.08. The van der Waals surface area contributed by atoms with E-state index in [0.717, 1.165) is 11.8 Å². The van der Waals surface area contributed by atoms with Gasteiger partial charge in [0.2, 0.25) is 11.8 Å². The maximum Gasteiger partial charge on any atom is 0.310 e. The van der Waals surface area contributed by atoms with Crippen molar-refractivity contribution < 1.29 is 29.4 Å². The first-order chi connectivity index (χ1) is 12.3. The molecule has 1 aromatic heterocycles. The average molecular weight is 381 g/mol. The van der Waals surface area contributed by atoms with E-state index in [1.54, 1.807) is 6.07 Å². The van der Waals surface area contributed by atoms with Gasteiger partial charge in [-0.05, 0) is 11.6 Å². The molecule has 11 heteroatoms. The molecule has 0 aliphatic rings. The van der Waals surface area contributed by atoms with Crippen molar-refractivity contribution in [2.75, 3.05) is 14.2 Å². The zero-order valence-corrected chi connectivity index (χ0v) is 14.6. The van der Waals surface area contributed by atoms with Gasteiger partial charge in [0.05, 0.1) is 31.1 Å². The Morgan fingerprint density at radius 2 is 1.92 bits per heavy atom. The Kier molecular flexibility index (Phi) is 6.17. The van der Waals surface area contributed by atoms with E-state index in [9.17, 15) is 25.1 Å². The highest BCUT2D eigenvalue weighted by Crippen LogP contribution is 2.32. The van der Waals surface area contributed by atoms with Crippen molar-refractivity contribution in [2.45, 2.75) is 17.3 Å². The van der Waals surface area contributed by atoms with Crippen LogP contribution in [0.4, 0.5) is 5.69 Å². The highest BCUT2D eigenvalue weighted by Gasteiger charge is 2.18. The molecule has 0 aliphatic heterocycles. The molecule has 26 heavy (non-hydrogen) atoms. The fourth-order valence-electron chi connectivity index (χ4n) is 1.99. The molecule has 10 nitrogen and oxygen atoms in total. The molecule has 0 bridgehead atoms. The van der Waals surface area contributed by atoms with E-state index < -0.39 is 22.7 Å². The number of esters is 1. The molecule has 0 spiro atoms. The maximum atomic E-state index is 11.3. The SMILES string of the molecule is COC(=O)Cc1c(O)nc(SCc2ccc([N+](=O)[O-])c(OC)c2)nc1O. The minimum absolute atomic E-state index is 0.0749. The predicted octanol–water partition coefficient (Wildman–Crippen LogP) is 1.81. The normalized spacial score (nSPS) is 10.4. The lowest BCUT2D eigenvalue weighted by molar-refractivity contribution is -0.385. The number of carbonyl (C=O) groups is 1. The third-order valence-electron chi connectivity index (χ3n) is 3.30. The van der Waals surface area contributed by atoms with E-state index in [0.29, 0.717) is 11.3 Å². The van der Waals surface area contributed by atoms with Crippen LogP contribution in [0.25, 0.3) is 0 Å². The summed E-state index contributed by atoms with van der Waals surface area (Å²) in [6.07, 6.45) is -0.362. The first-order valence-electron chi connectivity index (χ1n) is 7.15. The van der Waals surface area contributed by atoms with Crippen LogP contribution in [0.3, 0.4) is 0 Å². The first-order valence-corrected chi connectivity index (χ1v) is 8.14. The van der Waals surface area contributed by atoms with Crippen molar-refractivity contribution in [3.8, 4) is 17.5 Å². The van der Waals surface area contributed by atoms with Gasteiger partial charge in [-0.2, -0.15) is 9.97 Å². The lowest BCUT2D eigenvalue weighted by Crippen LogP contribution is -2.06. The Hall–Kier alpha value is -3.08. The lowest BCUT2D eigenvalue weighted by Gasteiger charge is -2.08. The van der Waals surface area contributed by atoms with Crippen molar-refractivity contribution >= 4 is 23.4 Å². The van der Waals surface area contributed by atoms with Crippen molar-refractivity contribution in [3.63, 3.8) is 0 Å². The van der Waals surface area contributed by atoms with Crippen LogP contribution in [0, 0.1) is 10.1 Å². The number of carbonyl (C=O) groups excluding carboxylic acids is 1. The van der Waals surface area contributed by atoms with Crippen LogP contribution >= 0.6 is 11.8 Å². The summed E-state index contributed by atoms with van der Waals surface area (Å²) in [5, 5.41) is 30.7. The monoisotopic (exact) mass is 381 g/mol. The Morgan fingerprint density at radius 3 is 2.46 bits per heavy atom. The van der Waals surface area contributed by atoms with Gasteiger partial charge in [0.25, 0.3) is 0 Å². The molecule has 0 aliphatic carbocycles. The molecule has 2 N–H and O–H groups in total. The zero-order chi connectivity index (χ0) is 19.3. The summed E-state index contributed by atoms with van der Waals surface area (Å²) in [5.41, 5.74) is 0.414. The average Bonchev–Trinajstić information content (AvgIpc) is 2.62. The number of aromatic hydroxyl groups is 2. The number of nitro groups is 1. The molecule has 0 amide bonds. The molecule has 0 atom stereocenters. The summed E-state index contributed by atoms with van der Waals surface area (Å²) in [6.45, 7) is 0. The third-order valence-corrected chi connectivity index (χ3v) is 4.22. The number of rotatable bonds is 7. The fraction of sp³-hybridized carbons (Fsp3) is 0.267. The Bertz CT molecular complexity index is 821. The maximum absolute atomic E-state index is 11.3. The summed E-state index contributed by atoms with van der Waals surface area (Å²) in [6, 6.07) is 4.39. The highest BCUT2D eigenvalue weighted by molar-refractivity contribution is 7.98. The van der Waals surface area contributed by atoms with Gasteiger partial charge in [-0.3, -0.25) is 14.9 Å². The lowest BCUT2D eigenvalue weighted by atomic mass is 10.2. The van der Waals surface area contributed by atoms with Crippen LogP contribution < -0.4 is 4.74 Å². The van der Waals surface area contributed by atoms with Gasteiger partial charge in [-0.1, -0.05) is 17.8 Å². The molecular formula is C15H15N3O7S. The Labute approximate surface area is 152 Å². The number of nitro benzene ring substituents is 1. The van der Waals surface area contributed by atoms with Crippen LogP contribution in [-0.4, -0.2) is 45.3 Å². The number of ether oxygens (including phenoxy) is 2. The van der Waals surface area contributed by atoms with Crippen LogP contribution in [0.5, 0.6) is 17.5 Å². The molecule has 0 fully saturated rings. The van der Waals surface area contributed by atoms with Gasteiger partial charge < -0.3 is 19.7 Å². The molecule has 0 unspecified atom stereocenters. The summed E-state index contributed by atoms with van der Waals surface area (Å²) in [4.78, 5) is 29.2. The van der Waals surface area contributed by atoms with E-state index in [-0.39, 0.29) is 28.6 Å². The quantitative estimate of drug-likeness (QED) is 0.239. The Morgan fingerprint density at radius 1 is 1.27 bits per heavy atom. The van der Waals surface area contributed by atoms with Gasteiger partial charge in [0, 0.05) is 11.8 Å². The third kappa shape index (κ3) is 4.51. The van der Waals surface area contributed by atoms with Gasteiger partial charge in [-0.15, -0.1) is 0 Å². The summed E-state index contributed by atoms with van der Waals surface area (Å²) in [5.74, 6) is -1.27. The summed E-state index contributed by atoms with van der Waals surface area (Å²) < 4.78 is 9.46. The topological polar surface area (TPSA) is 145 Å². The number of benzene rings is 1. The number of thioether (sulfide) groups is 1. The minimum Gasteiger partial charge on any atom is -0.493 e. The van der Waals surface area contributed by atoms with Crippen molar-refractivity contribution in [3.05, 3.63) is 39.4 Å². The Balaban J connectivity index is 2.15. The first kappa shape index (κ1) is 19.2. The van der Waals surface area contributed by atoms with Crippen LogP contribution in [0.15, 0.2) is 23.4 Å². The number of hydrogen-bond donors (Lipinski definition) is 2. The second-order valence-electron chi connectivity index (χ2n) is 4.94. The second-order valence-corrected chi connectivity index (χ2v) is 5.88. The van der Waals surface area contributed by atoms with E-state index in [2.05, 4.69) is 14.7 Å². The largest absolute Gasteiger partial charge is 0.493 e. The second kappa shape index (κ2) is 8.34. The molecule has 0 radical (unpaired) electrons. The van der Waals surface area contributed by atoms with E-state index in [1.807, 2.05) is 0 Å². The highest BCUT2D eigenvalue weighted by atomic mass is 32.2. The predicted molar refractivity (Wildman–Crippen MR) is 90.3 cm³/mol. The smallest absolute Gasteiger partial charge is 0.310 e. The number of aromatic nitrogens is 2. The van der Waals surface area contributed by atoms with E-state index >= 15 is 0 Å². The molecule has 0 saturated carbocycles. The standard InChI is InChI=1S/C15H15N3O7S/c1-24-11-5-8(3-4-10(11)18(22)23)7-26-15-16-13(20)9(14(21)17-15)6-12(19)25-2/h3-5H,6-7H2,1-2H3,(H2,16,17,20,21). The minimum atomic E-state index is -0.655. The molecule has 0 saturated heterocycles.